The first-order valence-corrected chi connectivity index (χ1v) is 16.8. The van der Waals surface area contributed by atoms with Gasteiger partial charge in [0.1, 0.15) is 12.1 Å². The standard InChI is InChI=1S/C34H22Br2Cl2N4O4/c35-19-5-13-23(14-6-19)39-31(43)25-27(17-1-9-21(37)10-2-17)41-30-26(32(44)40(34(30)46)24-15-7-20(36)8-16-24)28(42(41)29(25)33(39)45)18-3-11-22(38)12-4-18/h1-16,25-30H. The molecule has 4 aliphatic heterocycles. The Bertz CT molecular complexity index is 1780. The molecule has 8 nitrogen and oxygen atoms in total. The van der Waals surface area contributed by atoms with E-state index < -0.39 is 47.8 Å². The molecule has 8 rings (SSSR count). The van der Waals surface area contributed by atoms with Gasteiger partial charge in [0.25, 0.3) is 11.8 Å². The summed E-state index contributed by atoms with van der Waals surface area (Å²) in [7, 11) is 0. The lowest BCUT2D eigenvalue weighted by molar-refractivity contribution is -0.136. The highest BCUT2D eigenvalue weighted by Gasteiger charge is 2.73. The highest BCUT2D eigenvalue weighted by molar-refractivity contribution is 9.10. The van der Waals surface area contributed by atoms with Gasteiger partial charge >= 0.3 is 0 Å². The maximum Gasteiger partial charge on any atom is 0.253 e. The Hall–Kier alpha value is -3.38. The molecule has 6 atom stereocenters. The van der Waals surface area contributed by atoms with Gasteiger partial charge in [-0.2, -0.15) is 0 Å². The topological polar surface area (TPSA) is 81.2 Å². The molecule has 0 bridgehead atoms. The van der Waals surface area contributed by atoms with Crippen molar-refractivity contribution in [3.05, 3.63) is 127 Å². The molecule has 0 radical (unpaired) electrons. The summed E-state index contributed by atoms with van der Waals surface area (Å²) in [5, 5.41) is 4.67. The first-order valence-electron chi connectivity index (χ1n) is 14.5. The summed E-state index contributed by atoms with van der Waals surface area (Å²) in [5.41, 5.74) is 2.31. The maximum atomic E-state index is 14.5. The summed E-state index contributed by atoms with van der Waals surface area (Å²) in [6.07, 6.45) is 0. The SMILES string of the molecule is O=C1C2C(C(=O)N1c1ccc(Br)cc1)N1C(c3ccc(Cl)cc3)C3C(=O)N(c4ccc(Br)cc4)C(=O)C3N1C2c1ccc(Cl)cc1. The van der Waals surface area contributed by atoms with Crippen LogP contribution in [0, 0.1) is 11.8 Å². The van der Waals surface area contributed by atoms with Crippen LogP contribution in [0.5, 0.6) is 0 Å². The van der Waals surface area contributed by atoms with E-state index in [2.05, 4.69) is 31.9 Å². The molecule has 0 spiro atoms. The van der Waals surface area contributed by atoms with Gasteiger partial charge in [0.2, 0.25) is 11.8 Å². The molecular weight excluding hydrogens is 759 g/mol. The van der Waals surface area contributed by atoms with Crippen molar-refractivity contribution in [2.45, 2.75) is 24.2 Å². The van der Waals surface area contributed by atoms with E-state index in [1.807, 2.05) is 34.3 Å². The molecule has 4 saturated heterocycles. The number of amides is 4. The Labute approximate surface area is 290 Å². The molecule has 46 heavy (non-hydrogen) atoms. The Morgan fingerprint density at radius 3 is 1.09 bits per heavy atom. The minimum Gasteiger partial charge on any atom is -0.274 e. The molecule has 4 aromatic carbocycles. The van der Waals surface area contributed by atoms with Gasteiger partial charge in [-0.15, -0.1) is 0 Å². The third kappa shape index (κ3) is 4.38. The van der Waals surface area contributed by atoms with Crippen LogP contribution in [-0.4, -0.2) is 45.7 Å². The molecule has 0 saturated carbocycles. The van der Waals surface area contributed by atoms with Crippen molar-refractivity contribution >= 4 is 90.1 Å². The third-order valence-electron chi connectivity index (χ3n) is 9.32. The van der Waals surface area contributed by atoms with Gasteiger partial charge in [-0.3, -0.25) is 19.2 Å². The zero-order chi connectivity index (χ0) is 32.0. The number of fused-ring (bicyclic) bond motifs is 5. The second kappa shape index (κ2) is 11.1. The zero-order valence-corrected chi connectivity index (χ0v) is 28.3. The van der Waals surface area contributed by atoms with Crippen LogP contribution in [0.15, 0.2) is 106 Å². The van der Waals surface area contributed by atoms with Crippen molar-refractivity contribution in [3.8, 4) is 0 Å². The van der Waals surface area contributed by atoms with Gasteiger partial charge < -0.3 is 0 Å². The van der Waals surface area contributed by atoms with E-state index >= 15 is 0 Å². The average molecular weight is 781 g/mol. The summed E-state index contributed by atoms with van der Waals surface area (Å²) >= 11 is 19.4. The van der Waals surface area contributed by atoms with Crippen LogP contribution < -0.4 is 9.80 Å². The lowest BCUT2D eigenvalue weighted by Crippen LogP contribution is -2.50. The number of hydrazine groups is 1. The fraction of sp³-hybridized carbons (Fsp3) is 0.176. The van der Waals surface area contributed by atoms with Crippen molar-refractivity contribution in [1.82, 2.24) is 10.0 Å². The quantitative estimate of drug-likeness (QED) is 0.209. The summed E-state index contributed by atoms with van der Waals surface area (Å²) in [4.78, 5) is 60.3. The first-order chi connectivity index (χ1) is 22.2. The van der Waals surface area contributed by atoms with Crippen molar-refractivity contribution in [1.29, 1.82) is 0 Å². The van der Waals surface area contributed by atoms with Crippen molar-refractivity contribution in [2.24, 2.45) is 11.8 Å². The van der Waals surface area contributed by atoms with E-state index in [0.717, 1.165) is 8.95 Å². The van der Waals surface area contributed by atoms with Gasteiger partial charge in [-0.05, 0) is 83.9 Å². The number of nitrogens with zero attached hydrogens (tertiary/aromatic N) is 4. The molecule has 0 N–H and O–H groups in total. The molecule has 4 aliphatic rings. The smallest absolute Gasteiger partial charge is 0.253 e. The van der Waals surface area contributed by atoms with E-state index in [0.29, 0.717) is 32.5 Å². The number of anilines is 2. The minimum atomic E-state index is -0.968. The van der Waals surface area contributed by atoms with Crippen LogP contribution in [0.25, 0.3) is 0 Å². The number of carbonyl (C=O) groups excluding carboxylic acids is 4. The molecule has 4 fully saturated rings. The second-order valence-electron chi connectivity index (χ2n) is 11.7. The van der Waals surface area contributed by atoms with E-state index in [4.69, 9.17) is 23.2 Å². The lowest BCUT2D eigenvalue weighted by Gasteiger charge is -2.35. The summed E-state index contributed by atoms with van der Waals surface area (Å²) in [6.45, 7) is 0. The van der Waals surface area contributed by atoms with Gasteiger partial charge in [0, 0.05) is 19.0 Å². The summed E-state index contributed by atoms with van der Waals surface area (Å²) < 4.78 is 1.62. The third-order valence-corrected chi connectivity index (χ3v) is 10.9. The van der Waals surface area contributed by atoms with Crippen molar-refractivity contribution < 1.29 is 19.2 Å². The Balaban J connectivity index is 1.32. The predicted octanol–water partition coefficient (Wildman–Crippen LogP) is 6.96. The Kier molecular flexibility index (Phi) is 7.24. The molecule has 4 amide bonds. The fourth-order valence-corrected chi connectivity index (χ4v) is 8.29. The Morgan fingerprint density at radius 2 is 0.761 bits per heavy atom. The average Bonchev–Trinajstić information content (AvgIpc) is 3.71. The number of hydrogen-bond donors (Lipinski definition) is 0. The highest BCUT2D eigenvalue weighted by atomic mass is 79.9. The van der Waals surface area contributed by atoms with Crippen molar-refractivity contribution in [2.75, 3.05) is 9.80 Å². The number of imide groups is 2. The van der Waals surface area contributed by atoms with Crippen molar-refractivity contribution in [3.63, 3.8) is 0 Å². The van der Waals surface area contributed by atoms with E-state index in [-0.39, 0.29) is 11.8 Å². The van der Waals surface area contributed by atoms with E-state index in [1.54, 1.807) is 72.8 Å². The molecule has 230 valence electrons. The number of hydrogen-bond acceptors (Lipinski definition) is 6. The minimum absolute atomic E-state index is 0.375. The highest BCUT2D eigenvalue weighted by Crippen LogP contribution is 2.59. The van der Waals surface area contributed by atoms with Crippen LogP contribution >= 0.6 is 55.1 Å². The fourth-order valence-electron chi connectivity index (χ4n) is 7.51. The number of benzene rings is 4. The molecule has 4 heterocycles. The van der Waals surface area contributed by atoms with Gasteiger partial charge in [-0.1, -0.05) is 79.3 Å². The molecule has 4 aromatic rings. The summed E-state index contributed by atoms with van der Waals surface area (Å²) in [6, 6.07) is 24.7. The van der Waals surface area contributed by atoms with Gasteiger partial charge in [0.15, 0.2) is 0 Å². The lowest BCUT2D eigenvalue weighted by atomic mass is 9.84. The summed E-state index contributed by atoms with van der Waals surface area (Å²) in [5.74, 6) is -3.31. The van der Waals surface area contributed by atoms with Crippen LogP contribution in [0.4, 0.5) is 11.4 Å². The normalized spacial score (nSPS) is 27.5. The number of carbonyl (C=O) groups is 4. The van der Waals surface area contributed by atoms with E-state index in [1.165, 1.54) is 9.80 Å². The van der Waals surface area contributed by atoms with Crippen LogP contribution in [0.1, 0.15) is 23.2 Å². The molecule has 6 unspecified atom stereocenters. The monoisotopic (exact) mass is 778 g/mol. The molecule has 0 aromatic heterocycles. The maximum absolute atomic E-state index is 14.5. The number of rotatable bonds is 4. The second-order valence-corrected chi connectivity index (χ2v) is 14.4. The van der Waals surface area contributed by atoms with Gasteiger partial charge in [-0.25, -0.2) is 19.8 Å². The van der Waals surface area contributed by atoms with Gasteiger partial charge in [0.05, 0.1) is 35.3 Å². The number of halogens is 4. The molecule has 0 aliphatic carbocycles. The molecular formula is C34H22Br2Cl2N4O4. The van der Waals surface area contributed by atoms with Crippen LogP contribution in [0.3, 0.4) is 0 Å². The Morgan fingerprint density at radius 1 is 0.435 bits per heavy atom. The zero-order valence-electron chi connectivity index (χ0n) is 23.6. The first kappa shape index (κ1) is 30.0. The van der Waals surface area contributed by atoms with Crippen LogP contribution in [0.2, 0.25) is 10.0 Å². The van der Waals surface area contributed by atoms with E-state index in [9.17, 15) is 19.2 Å². The van der Waals surface area contributed by atoms with Crippen LogP contribution in [-0.2, 0) is 19.2 Å². The predicted molar refractivity (Wildman–Crippen MR) is 180 cm³/mol. The molecule has 12 heteroatoms. The largest absolute Gasteiger partial charge is 0.274 e.